The number of ether oxygens (including phenoxy) is 1. The van der Waals surface area contributed by atoms with Crippen LogP contribution in [-0.4, -0.2) is 5.78 Å². The summed E-state index contributed by atoms with van der Waals surface area (Å²) < 4.78 is 4.66. The van der Waals surface area contributed by atoms with E-state index in [1.807, 2.05) is 0 Å². The van der Waals surface area contributed by atoms with Gasteiger partial charge >= 0.3 is 0 Å². The maximum Gasteiger partial charge on any atom is 0.207 e. The van der Waals surface area contributed by atoms with Gasteiger partial charge in [0.1, 0.15) is 5.76 Å². The average molecular weight is 98.1 g/mol. The first kappa shape index (κ1) is 4.37. The molecule has 0 radical (unpaired) electrons. The van der Waals surface area contributed by atoms with Gasteiger partial charge in [0, 0.05) is 6.92 Å². The van der Waals surface area contributed by atoms with Gasteiger partial charge in [-0.05, 0) is 6.92 Å². The molecular formula is C5H6O2. The second-order valence-corrected chi connectivity index (χ2v) is 1.54. The third-order valence-electron chi connectivity index (χ3n) is 0.853. The van der Waals surface area contributed by atoms with Crippen LogP contribution in [0, 0.1) is 0 Å². The minimum Gasteiger partial charge on any atom is -0.451 e. The zero-order chi connectivity index (χ0) is 5.44. The van der Waals surface area contributed by atoms with Crippen molar-refractivity contribution in [3.63, 3.8) is 0 Å². The van der Waals surface area contributed by atoms with E-state index in [1.54, 1.807) is 6.92 Å². The molecule has 0 amide bonds. The van der Waals surface area contributed by atoms with Gasteiger partial charge in [0.05, 0.1) is 0 Å². The monoisotopic (exact) mass is 98.0 g/mol. The van der Waals surface area contributed by atoms with E-state index in [4.69, 9.17) is 0 Å². The van der Waals surface area contributed by atoms with Crippen molar-refractivity contribution in [2.45, 2.75) is 13.8 Å². The van der Waals surface area contributed by atoms with E-state index >= 15 is 0 Å². The first-order chi connectivity index (χ1) is 3.22. The Kier molecular flexibility index (Phi) is 0.680. The fourth-order valence-electron chi connectivity index (χ4n) is 0.447. The second kappa shape index (κ2) is 1.09. The standard InChI is InChI=1S/C5H6O2/c1-3(6)5-4(2)7-5/h1-2H3. The Labute approximate surface area is 41.8 Å². The van der Waals surface area contributed by atoms with Crippen LogP contribution in [-0.2, 0) is 9.53 Å². The lowest BCUT2D eigenvalue weighted by Gasteiger charge is -1.69. The largest absolute Gasteiger partial charge is 0.451 e. The molecule has 0 aromatic carbocycles. The number of Topliss-reactive ketones (excluding diaryl/α,β-unsaturated/α-hetero) is 1. The van der Waals surface area contributed by atoms with Crippen molar-refractivity contribution in [3.05, 3.63) is 11.5 Å². The molecule has 7 heavy (non-hydrogen) atoms. The maximum absolute atomic E-state index is 10.2. The fraction of sp³-hybridized carbons (Fsp3) is 0.400. The Hall–Kier alpha value is -0.790. The van der Waals surface area contributed by atoms with Crippen LogP contribution in [0.25, 0.3) is 0 Å². The lowest BCUT2D eigenvalue weighted by molar-refractivity contribution is -0.114. The predicted octanol–water partition coefficient (Wildman–Crippen LogP) is 0.837. The van der Waals surface area contributed by atoms with Crippen LogP contribution in [0.15, 0.2) is 11.5 Å². The summed E-state index contributed by atoms with van der Waals surface area (Å²) in [6, 6.07) is 0. The van der Waals surface area contributed by atoms with Gasteiger partial charge in [-0.25, -0.2) is 0 Å². The second-order valence-electron chi connectivity index (χ2n) is 1.54. The molecule has 0 atom stereocenters. The van der Waals surface area contributed by atoms with E-state index in [9.17, 15) is 4.79 Å². The Morgan fingerprint density at radius 3 is 2.14 bits per heavy atom. The molecule has 0 unspecified atom stereocenters. The number of ketones is 1. The molecule has 0 spiro atoms. The molecule has 0 saturated carbocycles. The highest BCUT2D eigenvalue weighted by molar-refractivity contribution is 5.94. The first-order valence-corrected chi connectivity index (χ1v) is 2.11. The van der Waals surface area contributed by atoms with Crippen LogP contribution in [0.4, 0.5) is 0 Å². The van der Waals surface area contributed by atoms with Crippen LogP contribution in [0.3, 0.4) is 0 Å². The zero-order valence-corrected chi connectivity index (χ0v) is 4.32. The Morgan fingerprint density at radius 1 is 1.71 bits per heavy atom. The van der Waals surface area contributed by atoms with E-state index < -0.39 is 0 Å². The summed E-state index contributed by atoms with van der Waals surface area (Å²) in [5.74, 6) is 1.34. The Balaban J connectivity index is 2.62. The minimum absolute atomic E-state index is 0.0255. The maximum atomic E-state index is 10.2. The molecule has 0 saturated heterocycles. The van der Waals surface area contributed by atoms with Crippen molar-refractivity contribution in [1.29, 1.82) is 0 Å². The summed E-state index contributed by atoms with van der Waals surface area (Å²) in [5.41, 5.74) is 0. The summed E-state index contributed by atoms with van der Waals surface area (Å²) in [7, 11) is 0. The summed E-state index contributed by atoms with van der Waals surface area (Å²) in [4.78, 5) is 10.2. The third-order valence-corrected chi connectivity index (χ3v) is 0.853. The van der Waals surface area contributed by atoms with Crippen molar-refractivity contribution >= 4 is 5.78 Å². The van der Waals surface area contributed by atoms with Gasteiger partial charge in [0.2, 0.25) is 5.76 Å². The van der Waals surface area contributed by atoms with E-state index in [-0.39, 0.29) is 5.78 Å². The van der Waals surface area contributed by atoms with Gasteiger partial charge < -0.3 is 4.74 Å². The highest BCUT2D eigenvalue weighted by atomic mass is 16.6. The molecule has 0 fully saturated rings. The van der Waals surface area contributed by atoms with Gasteiger partial charge in [-0.3, -0.25) is 4.79 Å². The van der Waals surface area contributed by atoms with Gasteiger partial charge in [0.25, 0.3) is 0 Å². The number of carbonyl (C=O) groups excluding carboxylic acids is 1. The summed E-state index contributed by atoms with van der Waals surface area (Å²) in [6.07, 6.45) is 0. The van der Waals surface area contributed by atoms with Gasteiger partial charge in [-0.1, -0.05) is 0 Å². The number of rotatable bonds is 1. The highest BCUT2D eigenvalue weighted by Crippen LogP contribution is 2.24. The number of allylic oxidation sites excluding steroid dienone is 2. The molecule has 0 N–H and O–H groups in total. The summed E-state index contributed by atoms with van der Waals surface area (Å²) in [5, 5.41) is 0. The van der Waals surface area contributed by atoms with Crippen LogP contribution < -0.4 is 0 Å². The molecular weight excluding hydrogens is 92.1 g/mol. The molecule has 0 aliphatic carbocycles. The Bertz CT molecular complexity index is 139. The van der Waals surface area contributed by atoms with Gasteiger partial charge in [0.15, 0.2) is 5.78 Å². The van der Waals surface area contributed by atoms with Crippen LogP contribution in [0.1, 0.15) is 13.8 Å². The number of hydrogen-bond donors (Lipinski definition) is 0. The Morgan fingerprint density at radius 2 is 2.14 bits per heavy atom. The van der Waals surface area contributed by atoms with Crippen molar-refractivity contribution < 1.29 is 9.53 Å². The van der Waals surface area contributed by atoms with Crippen molar-refractivity contribution in [2.75, 3.05) is 0 Å². The number of carbonyl (C=O) groups is 1. The molecule has 1 rings (SSSR count). The van der Waals surface area contributed by atoms with E-state index in [2.05, 4.69) is 4.74 Å². The average Bonchev–Trinajstić information content (AvgIpc) is 2.17. The van der Waals surface area contributed by atoms with Crippen LogP contribution in [0.5, 0.6) is 0 Å². The molecule has 38 valence electrons. The topological polar surface area (TPSA) is 29.6 Å². The third kappa shape index (κ3) is 0.633. The molecule has 1 aliphatic heterocycles. The van der Waals surface area contributed by atoms with Gasteiger partial charge in [-0.2, -0.15) is 0 Å². The lowest BCUT2D eigenvalue weighted by Crippen LogP contribution is -1.81. The molecule has 1 aliphatic rings. The van der Waals surface area contributed by atoms with Crippen LogP contribution >= 0.6 is 0 Å². The first-order valence-electron chi connectivity index (χ1n) is 2.11. The quantitative estimate of drug-likeness (QED) is 0.486. The summed E-state index contributed by atoms with van der Waals surface area (Å²) in [6.45, 7) is 3.27. The molecule has 0 bridgehead atoms. The predicted molar refractivity (Wildman–Crippen MR) is 24.5 cm³/mol. The zero-order valence-electron chi connectivity index (χ0n) is 4.32. The SMILES string of the molecule is CC(=O)C1=C(C)O1. The van der Waals surface area contributed by atoms with E-state index in [1.165, 1.54) is 6.92 Å². The number of hydrogen-bond acceptors (Lipinski definition) is 2. The molecule has 0 aromatic heterocycles. The van der Waals surface area contributed by atoms with E-state index in [0.29, 0.717) is 5.76 Å². The fourth-order valence-corrected chi connectivity index (χ4v) is 0.447. The summed E-state index contributed by atoms with van der Waals surface area (Å²) >= 11 is 0. The highest BCUT2D eigenvalue weighted by Gasteiger charge is 2.23. The molecule has 2 nitrogen and oxygen atoms in total. The smallest absolute Gasteiger partial charge is 0.207 e. The van der Waals surface area contributed by atoms with Crippen molar-refractivity contribution in [3.8, 4) is 0 Å². The van der Waals surface area contributed by atoms with Gasteiger partial charge in [-0.15, -0.1) is 0 Å². The molecule has 2 heteroatoms. The minimum atomic E-state index is 0.0255. The molecule has 0 aromatic rings. The van der Waals surface area contributed by atoms with Crippen molar-refractivity contribution in [1.82, 2.24) is 0 Å². The normalized spacial score (nSPS) is 16.3. The van der Waals surface area contributed by atoms with Crippen molar-refractivity contribution in [2.24, 2.45) is 0 Å². The van der Waals surface area contributed by atoms with Crippen LogP contribution in [0.2, 0.25) is 0 Å². The van der Waals surface area contributed by atoms with E-state index in [0.717, 1.165) is 5.76 Å². The lowest BCUT2D eigenvalue weighted by atomic mass is 10.4. The molecule has 1 heterocycles.